The molecule has 0 aliphatic carbocycles. The summed E-state index contributed by atoms with van der Waals surface area (Å²) in [6, 6.07) is 12.6. The Morgan fingerprint density at radius 2 is 1.83 bits per heavy atom. The summed E-state index contributed by atoms with van der Waals surface area (Å²) in [6.07, 6.45) is 1.29. The highest BCUT2D eigenvalue weighted by Crippen LogP contribution is 2.18. The largest absolute Gasteiger partial charge is 0.347 e. The maximum atomic E-state index is 12.7. The van der Waals surface area contributed by atoms with Crippen molar-refractivity contribution in [3.63, 3.8) is 0 Å². The van der Waals surface area contributed by atoms with Gasteiger partial charge >= 0.3 is 0 Å². The van der Waals surface area contributed by atoms with Crippen molar-refractivity contribution in [1.82, 2.24) is 20.1 Å². The summed E-state index contributed by atoms with van der Waals surface area (Å²) < 4.78 is 1.67. The van der Waals surface area contributed by atoms with Crippen LogP contribution in [0.1, 0.15) is 47.2 Å². The van der Waals surface area contributed by atoms with Crippen LogP contribution in [-0.2, 0) is 11.3 Å². The lowest BCUT2D eigenvalue weighted by Gasteiger charge is -2.10. The van der Waals surface area contributed by atoms with Crippen LogP contribution in [0.15, 0.2) is 42.5 Å². The average Bonchev–Trinajstić information content (AvgIpc) is 3.06. The number of pyridine rings is 1. The molecule has 1 aromatic carbocycles. The molecule has 8 heteroatoms. The molecule has 30 heavy (non-hydrogen) atoms. The summed E-state index contributed by atoms with van der Waals surface area (Å²) in [5.41, 5.74) is 3.54. The number of aromatic nitrogens is 3. The molecular weight excluding hydrogens is 402 g/mol. The highest BCUT2D eigenvalue weighted by atomic mass is 35.5. The molecule has 0 aliphatic heterocycles. The minimum atomic E-state index is -0.372. The first-order chi connectivity index (χ1) is 14.4. The van der Waals surface area contributed by atoms with Gasteiger partial charge in [-0.2, -0.15) is 5.10 Å². The summed E-state index contributed by atoms with van der Waals surface area (Å²) >= 11 is 6.21. The number of carbonyl (C=O) groups is 2. The minimum absolute atomic E-state index is 0.0123. The number of carbonyl (C=O) groups excluding carboxylic acids is 2. The van der Waals surface area contributed by atoms with Crippen LogP contribution in [0, 0.1) is 13.8 Å². The van der Waals surface area contributed by atoms with Crippen LogP contribution in [-0.4, -0.2) is 26.6 Å². The predicted octanol–water partition coefficient (Wildman–Crippen LogP) is 4.21. The van der Waals surface area contributed by atoms with Gasteiger partial charge in [0.1, 0.15) is 5.69 Å². The second-order valence-corrected chi connectivity index (χ2v) is 7.42. The van der Waals surface area contributed by atoms with Gasteiger partial charge in [0.15, 0.2) is 5.82 Å². The van der Waals surface area contributed by atoms with E-state index in [9.17, 15) is 9.59 Å². The van der Waals surface area contributed by atoms with Gasteiger partial charge in [-0.1, -0.05) is 30.7 Å². The Kier molecular flexibility index (Phi) is 6.84. The maximum Gasteiger partial charge on any atom is 0.271 e. The van der Waals surface area contributed by atoms with E-state index in [0.29, 0.717) is 18.8 Å². The second-order valence-electron chi connectivity index (χ2n) is 7.02. The Bertz CT molecular complexity index is 1060. The lowest BCUT2D eigenvalue weighted by molar-refractivity contribution is -0.116. The lowest BCUT2D eigenvalue weighted by Crippen LogP contribution is -2.24. The number of hydrogen-bond acceptors (Lipinski definition) is 4. The van der Waals surface area contributed by atoms with Crippen LogP contribution in [0.4, 0.5) is 5.69 Å². The third kappa shape index (κ3) is 5.24. The van der Waals surface area contributed by atoms with E-state index in [4.69, 9.17) is 11.6 Å². The van der Waals surface area contributed by atoms with E-state index < -0.39 is 0 Å². The number of amides is 2. The molecule has 0 bridgehead atoms. The van der Waals surface area contributed by atoms with Crippen molar-refractivity contribution in [3.8, 4) is 5.82 Å². The molecule has 2 N–H and O–H groups in total. The summed E-state index contributed by atoms with van der Waals surface area (Å²) in [4.78, 5) is 28.7. The number of hydrogen-bond donors (Lipinski definition) is 2. The average molecular weight is 426 g/mol. The van der Waals surface area contributed by atoms with E-state index in [0.717, 1.165) is 29.1 Å². The van der Waals surface area contributed by atoms with E-state index in [2.05, 4.69) is 20.7 Å². The Morgan fingerprint density at radius 3 is 2.47 bits per heavy atom. The van der Waals surface area contributed by atoms with Gasteiger partial charge in [0.05, 0.1) is 10.7 Å². The van der Waals surface area contributed by atoms with Gasteiger partial charge in [-0.25, -0.2) is 9.67 Å². The van der Waals surface area contributed by atoms with Gasteiger partial charge in [0.25, 0.3) is 5.91 Å². The Morgan fingerprint density at radius 1 is 1.10 bits per heavy atom. The van der Waals surface area contributed by atoms with Gasteiger partial charge in [0, 0.05) is 24.3 Å². The van der Waals surface area contributed by atoms with Crippen molar-refractivity contribution in [2.75, 3.05) is 5.32 Å². The number of benzene rings is 1. The second kappa shape index (κ2) is 9.54. The van der Waals surface area contributed by atoms with Crippen molar-refractivity contribution in [2.24, 2.45) is 0 Å². The molecule has 0 radical (unpaired) electrons. The van der Waals surface area contributed by atoms with Crippen molar-refractivity contribution in [2.45, 2.75) is 40.2 Å². The third-order valence-corrected chi connectivity index (χ3v) is 4.75. The summed E-state index contributed by atoms with van der Waals surface area (Å²) in [5, 5.41) is 10.3. The normalized spacial score (nSPS) is 10.7. The number of anilines is 1. The SMILES string of the molecule is CCCC(=O)Nc1ccc(CNC(=O)c2nc(-n3nc(C)cc3C)ccc2Cl)cc1. The summed E-state index contributed by atoms with van der Waals surface area (Å²) in [7, 11) is 0. The topological polar surface area (TPSA) is 88.9 Å². The maximum absolute atomic E-state index is 12.7. The van der Waals surface area contributed by atoms with E-state index in [1.54, 1.807) is 16.8 Å². The highest BCUT2D eigenvalue weighted by Gasteiger charge is 2.15. The molecular formula is C22H24ClN5O2. The minimum Gasteiger partial charge on any atom is -0.347 e. The Balaban J connectivity index is 1.67. The number of aryl methyl sites for hydroxylation is 2. The first kappa shape index (κ1) is 21.5. The van der Waals surface area contributed by atoms with Gasteiger partial charge < -0.3 is 10.6 Å². The highest BCUT2D eigenvalue weighted by molar-refractivity contribution is 6.33. The number of nitrogens with zero attached hydrogens (tertiary/aromatic N) is 3. The fourth-order valence-electron chi connectivity index (χ4n) is 2.99. The van der Waals surface area contributed by atoms with E-state index in [1.165, 1.54) is 0 Å². The molecule has 156 valence electrons. The molecule has 0 aliphatic rings. The monoisotopic (exact) mass is 425 g/mol. The van der Waals surface area contributed by atoms with Crippen LogP contribution in [0.2, 0.25) is 5.02 Å². The van der Waals surface area contributed by atoms with E-state index in [-0.39, 0.29) is 22.5 Å². The first-order valence-electron chi connectivity index (χ1n) is 9.74. The molecule has 2 amide bonds. The molecule has 2 aromatic heterocycles. The zero-order chi connectivity index (χ0) is 21.7. The number of rotatable bonds is 7. The molecule has 3 aromatic rings. The molecule has 7 nitrogen and oxygen atoms in total. The molecule has 0 saturated heterocycles. The smallest absolute Gasteiger partial charge is 0.271 e. The van der Waals surface area contributed by atoms with Gasteiger partial charge in [-0.3, -0.25) is 9.59 Å². The van der Waals surface area contributed by atoms with Gasteiger partial charge in [-0.05, 0) is 56.2 Å². The van der Waals surface area contributed by atoms with Crippen LogP contribution >= 0.6 is 11.6 Å². The molecule has 0 unspecified atom stereocenters. The van der Waals surface area contributed by atoms with Gasteiger partial charge in [-0.15, -0.1) is 0 Å². The van der Waals surface area contributed by atoms with Crippen LogP contribution in [0.3, 0.4) is 0 Å². The zero-order valence-corrected chi connectivity index (χ0v) is 18.0. The zero-order valence-electron chi connectivity index (χ0n) is 17.2. The fourth-order valence-corrected chi connectivity index (χ4v) is 3.18. The van der Waals surface area contributed by atoms with Gasteiger partial charge in [0.2, 0.25) is 5.91 Å². The molecule has 0 saturated carbocycles. The van der Waals surface area contributed by atoms with Crippen LogP contribution < -0.4 is 10.6 Å². The first-order valence-corrected chi connectivity index (χ1v) is 10.1. The molecule has 0 spiro atoms. The predicted molar refractivity (Wildman–Crippen MR) is 117 cm³/mol. The quantitative estimate of drug-likeness (QED) is 0.593. The summed E-state index contributed by atoms with van der Waals surface area (Å²) in [6.45, 7) is 6.08. The lowest BCUT2D eigenvalue weighted by atomic mass is 10.2. The number of nitrogens with one attached hydrogen (secondary N) is 2. The molecule has 2 heterocycles. The molecule has 3 rings (SSSR count). The van der Waals surface area contributed by atoms with Crippen molar-refractivity contribution >= 4 is 29.1 Å². The summed E-state index contributed by atoms with van der Waals surface area (Å²) in [5.74, 6) is 0.146. The van der Waals surface area contributed by atoms with E-state index in [1.807, 2.05) is 51.1 Å². The van der Waals surface area contributed by atoms with Crippen molar-refractivity contribution in [3.05, 3.63) is 70.1 Å². The standard InChI is InChI=1S/C22H24ClN5O2/c1-4-5-20(29)25-17-8-6-16(7-9-17)13-24-22(30)21-18(23)10-11-19(26-21)28-15(3)12-14(2)27-28/h6-12H,4-5,13H2,1-3H3,(H,24,30)(H,25,29). The van der Waals surface area contributed by atoms with Crippen LogP contribution in [0.5, 0.6) is 0 Å². The Hall–Kier alpha value is -3.19. The number of halogens is 1. The van der Waals surface area contributed by atoms with E-state index >= 15 is 0 Å². The third-order valence-electron chi connectivity index (χ3n) is 4.44. The van der Waals surface area contributed by atoms with Crippen molar-refractivity contribution < 1.29 is 9.59 Å². The van der Waals surface area contributed by atoms with Crippen molar-refractivity contribution in [1.29, 1.82) is 0 Å². The molecule has 0 atom stereocenters. The Labute approximate surface area is 180 Å². The van der Waals surface area contributed by atoms with Crippen LogP contribution in [0.25, 0.3) is 5.82 Å². The fraction of sp³-hybridized carbons (Fsp3) is 0.273. The molecule has 0 fully saturated rings.